The zero-order chi connectivity index (χ0) is 28.5. The molecule has 42 heavy (non-hydrogen) atoms. The number of hydrogen-bond acceptors (Lipinski definition) is 8. The second-order valence-electron chi connectivity index (χ2n) is 9.92. The van der Waals surface area contributed by atoms with Crippen LogP contribution in [0.2, 0.25) is 0 Å². The highest BCUT2D eigenvalue weighted by Crippen LogP contribution is 2.44. The van der Waals surface area contributed by atoms with E-state index in [0.29, 0.717) is 0 Å². The van der Waals surface area contributed by atoms with Crippen molar-refractivity contribution in [1.29, 1.82) is 0 Å². The van der Waals surface area contributed by atoms with E-state index in [0.717, 1.165) is 34.5 Å². The quantitative estimate of drug-likeness (QED) is 0.177. The first-order valence-corrected chi connectivity index (χ1v) is 19.2. The van der Waals surface area contributed by atoms with Crippen molar-refractivity contribution in [2.45, 2.75) is 23.0 Å². The fraction of sp³-hybridized carbons (Fsp3) is 0.176. The van der Waals surface area contributed by atoms with E-state index in [2.05, 4.69) is 83.6 Å². The van der Waals surface area contributed by atoms with Crippen LogP contribution in [-0.2, 0) is 23.0 Å². The molecule has 212 valence electrons. The lowest BCUT2D eigenvalue weighted by Crippen LogP contribution is -2.01. The van der Waals surface area contributed by atoms with Crippen LogP contribution < -0.4 is 9.47 Å². The maximum atomic E-state index is 6.04. The van der Waals surface area contributed by atoms with E-state index in [4.69, 9.17) is 9.47 Å². The van der Waals surface area contributed by atoms with Crippen LogP contribution >= 0.6 is 68.9 Å². The third-order valence-electron chi connectivity index (χ3n) is 7.23. The molecule has 0 N–H and O–H groups in total. The van der Waals surface area contributed by atoms with Crippen LogP contribution in [0.1, 0.15) is 22.3 Å². The summed E-state index contributed by atoms with van der Waals surface area (Å²) < 4.78 is 12.1. The van der Waals surface area contributed by atoms with Crippen molar-refractivity contribution in [2.75, 3.05) is 14.2 Å². The molecular weight excluding hydrogens is 633 g/mol. The molecule has 0 saturated heterocycles. The van der Waals surface area contributed by atoms with Crippen LogP contribution in [0.5, 0.6) is 11.5 Å². The van der Waals surface area contributed by atoms with E-state index in [-0.39, 0.29) is 0 Å². The topological polar surface area (TPSA) is 18.5 Å². The molecule has 4 aromatic heterocycles. The summed E-state index contributed by atoms with van der Waals surface area (Å²) in [7, 11) is 3.62. The summed E-state index contributed by atoms with van der Waals surface area (Å²) in [4.78, 5) is 7.92. The average Bonchev–Trinajstić information content (AvgIpc) is 3.83. The maximum Gasteiger partial charge on any atom is 0.126 e. The van der Waals surface area contributed by atoms with Crippen LogP contribution in [0.4, 0.5) is 0 Å². The van der Waals surface area contributed by atoms with Crippen molar-refractivity contribution >= 4 is 68.9 Å². The Labute approximate surface area is 271 Å². The fourth-order valence-corrected chi connectivity index (χ4v) is 11.0. The van der Waals surface area contributed by atoms with Gasteiger partial charge in [-0.15, -0.1) is 45.3 Å². The Hall–Kier alpha value is -2.46. The molecule has 0 atom stereocenters. The highest BCUT2D eigenvalue weighted by molar-refractivity contribution is 7.98. The zero-order valence-electron chi connectivity index (χ0n) is 23.2. The molecule has 2 aromatic carbocycles. The van der Waals surface area contributed by atoms with E-state index in [1.165, 1.54) is 62.6 Å². The normalized spacial score (nSPS) is 13.4. The molecule has 8 heteroatoms. The van der Waals surface area contributed by atoms with Gasteiger partial charge in [0.05, 0.1) is 14.2 Å². The molecule has 7 rings (SSSR count). The number of thioether (sulfide) groups is 2. The molecule has 2 nitrogen and oxygen atoms in total. The van der Waals surface area contributed by atoms with Crippen molar-refractivity contribution < 1.29 is 9.47 Å². The Bertz CT molecular complexity index is 1630. The molecule has 0 aliphatic carbocycles. The van der Waals surface area contributed by atoms with E-state index >= 15 is 0 Å². The minimum absolute atomic E-state index is 0.877. The summed E-state index contributed by atoms with van der Waals surface area (Å²) in [6.07, 6.45) is 0. The predicted octanol–water partition coefficient (Wildman–Crippen LogP) is 11.8. The molecule has 1 aliphatic heterocycles. The summed E-state index contributed by atoms with van der Waals surface area (Å²) in [5, 5.41) is 4.29. The Morgan fingerprint density at radius 3 is 1.19 bits per heavy atom. The maximum absolute atomic E-state index is 6.04. The van der Waals surface area contributed by atoms with Crippen molar-refractivity contribution in [3.8, 4) is 51.9 Å². The number of methoxy groups -OCH3 is 2. The summed E-state index contributed by atoms with van der Waals surface area (Å²) in [5.74, 6) is 5.57. The van der Waals surface area contributed by atoms with Gasteiger partial charge in [0.15, 0.2) is 0 Å². The SMILES string of the molecule is COc1c2cc(-c3ccc(-c4cccs4)s3)cc1CSCc1cc(-c3ccc(-c4cccs4)s3)cc(c1OC)CSC2. The molecule has 0 amide bonds. The van der Waals surface area contributed by atoms with E-state index in [9.17, 15) is 0 Å². The minimum atomic E-state index is 0.877. The summed E-state index contributed by atoms with van der Waals surface area (Å²) in [6.45, 7) is 0. The van der Waals surface area contributed by atoms with Gasteiger partial charge >= 0.3 is 0 Å². The number of ether oxygens (including phenoxy) is 2. The molecule has 6 aromatic rings. The third-order valence-corrected chi connectivity index (χ3v) is 13.7. The van der Waals surface area contributed by atoms with Gasteiger partial charge in [-0.2, -0.15) is 23.5 Å². The van der Waals surface area contributed by atoms with Gasteiger partial charge in [-0.3, -0.25) is 0 Å². The van der Waals surface area contributed by atoms with Crippen molar-refractivity contribution in [3.63, 3.8) is 0 Å². The van der Waals surface area contributed by atoms with Crippen LogP contribution in [-0.4, -0.2) is 14.2 Å². The van der Waals surface area contributed by atoms with Gasteiger partial charge in [0, 0.05) is 74.5 Å². The number of thiophene rings is 4. The zero-order valence-corrected chi connectivity index (χ0v) is 28.1. The standard InChI is InChI=1S/C34H28O2S6/c1-35-33-23-13-21(27-7-9-31(41-27)29-5-3-11-39-29)14-24(33)18-38-20-26-16-22(15-25(19-37-17-23)34(26)36-2)28-8-10-32(42-28)30-6-4-12-40-30/h3-16H,17-20H2,1-2H3. The van der Waals surface area contributed by atoms with Gasteiger partial charge in [0.1, 0.15) is 11.5 Å². The lowest BCUT2D eigenvalue weighted by atomic mass is 10.0. The van der Waals surface area contributed by atoms with Gasteiger partial charge in [-0.05, 0) is 82.6 Å². The highest BCUT2D eigenvalue weighted by atomic mass is 32.2. The first kappa shape index (κ1) is 28.3. The molecule has 0 saturated carbocycles. The van der Waals surface area contributed by atoms with Gasteiger partial charge in [-0.1, -0.05) is 12.1 Å². The van der Waals surface area contributed by atoms with E-state index in [1.54, 1.807) is 22.7 Å². The molecule has 0 radical (unpaired) electrons. The van der Waals surface area contributed by atoms with Gasteiger partial charge in [0.2, 0.25) is 0 Å². The summed E-state index contributed by atoms with van der Waals surface area (Å²) >= 11 is 11.2. The Morgan fingerprint density at radius 1 is 0.476 bits per heavy atom. The smallest absolute Gasteiger partial charge is 0.126 e. The molecule has 1 aliphatic rings. The Balaban J connectivity index is 1.22. The number of benzene rings is 2. The number of fused-ring (bicyclic) bond motifs is 4. The largest absolute Gasteiger partial charge is 0.496 e. The van der Waals surface area contributed by atoms with Crippen LogP contribution in [0.25, 0.3) is 40.4 Å². The van der Waals surface area contributed by atoms with Crippen molar-refractivity contribution in [3.05, 3.63) is 106 Å². The van der Waals surface area contributed by atoms with Crippen molar-refractivity contribution in [1.82, 2.24) is 0 Å². The van der Waals surface area contributed by atoms with E-state index < -0.39 is 0 Å². The molecule has 5 heterocycles. The summed E-state index contributed by atoms with van der Waals surface area (Å²) in [5.41, 5.74) is 7.61. The third kappa shape index (κ3) is 5.73. The van der Waals surface area contributed by atoms with Gasteiger partial charge < -0.3 is 9.47 Å². The Morgan fingerprint density at radius 2 is 0.857 bits per heavy atom. The second kappa shape index (κ2) is 12.6. The number of hydrogen-bond donors (Lipinski definition) is 0. The molecule has 0 unspecified atom stereocenters. The van der Waals surface area contributed by atoms with Crippen molar-refractivity contribution in [2.24, 2.45) is 0 Å². The molecular formula is C34H28O2S6. The van der Waals surface area contributed by atoms with E-state index in [1.807, 2.05) is 60.4 Å². The minimum Gasteiger partial charge on any atom is -0.496 e. The van der Waals surface area contributed by atoms with Crippen LogP contribution in [0.15, 0.2) is 83.6 Å². The lowest BCUT2D eigenvalue weighted by molar-refractivity contribution is 0.407. The lowest BCUT2D eigenvalue weighted by Gasteiger charge is -2.19. The molecule has 4 bridgehead atoms. The van der Waals surface area contributed by atoms with Gasteiger partial charge in [0.25, 0.3) is 0 Å². The molecule has 0 fully saturated rings. The number of rotatable bonds is 6. The van der Waals surface area contributed by atoms with Crippen LogP contribution in [0.3, 0.4) is 0 Å². The van der Waals surface area contributed by atoms with Crippen LogP contribution in [0, 0.1) is 0 Å². The monoisotopic (exact) mass is 660 g/mol. The van der Waals surface area contributed by atoms with Gasteiger partial charge in [-0.25, -0.2) is 0 Å². The first-order valence-electron chi connectivity index (χ1n) is 13.5. The Kier molecular flexibility index (Phi) is 8.53. The average molecular weight is 661 g/mol. The second-order valence-corrected chi connectivity index (χ2v) is 16.0. The highest BCUT2D eigenvalue weighted by Gasteiger charge is 2.19. The fourth-order valence-electron chi connectivity index (χ4n) is 5.38. The summed E-state index contributed by atoms with van der Waals surface area (Å²) in [6, 6.07) is 27.1. The molecule has 0 spiro atoms. The first-order chi connectivity index (χ1) is 20.7. The predicted molar refractivity (Wildman–Crippen MR) is 189 cm³/mol.